The first-order valence-electron chi connectivity index (χ1n) is 9.33. The van der Waals surface area contributed by atoms with Gasteiger partial charge in [0.2, 0.25) is 0 Å². The Bertz CT molecular complexity index is 1180. The van der Waals surface area contributed by atoms with Crippen molar-refractivity contribution in [2.24, 2.45) is 0 Å². The summed E-state index contributed by atoms with van der Waals surface area (Å²) in [6.45, 7) is 0.0324. The third-order valence-corrected chi connectivity index (χ3v) is 4.36. The number of benzene rings is 3. The van der Waals surface area contributed by atoms with E-state index in [1.54, 1.807) is 48.5 Å². The summed E-state index contributed by atoms with van der Waals surface area (Å²) < 4.78 is 57.6. The number of halogens is 4. The number of carbonyl (C=O) groups excluding carboxylic acids is 1. The molecule has 1 N–H and O–H groups in total. The van der Waals surface area contributed by atoms with Crippen molar-refractivity contribution in [2.45, 2.75) is 12.8 Å². The van der Waals surface area contributed by atoms with Crippen LogP contribution in [0, 0.1) is 17.1 Å². The van der Waals surface area contributed by atoms with Gasteiger partial charge in [-0.25, -0.2) is 4.39 Å². The lowest BCUT2D eigenvalue weighted by atomic mass is 10.1. The highest BCUT2D eigenvalue weighted by atomic mass is 19.4. The number of anilines is 1. The molecule has 0 spiro atoms. The molecule has 8 heteroatoms. The largest absolute Gasteiger partial charge is 0.489 e. The number of nitrogens with one attached hydrogen (secondary N) is 1. The molecule has 0 heterocycles. The highest BCUT2D eigenvalue weighted by Gasteiger charge is 2.30. The molecule has 3 aromatic carbocycles. The SMILES string of the molecule is N#CC(=Cc1ccc(OCc2ccccc2F)cc1)C(=O)Nc1cccc(C(F)(F)F)c1. The Morgan fingerprint density at radius 2 is 1.75 bits per heavy atom. The van der Waals surface area contributed by atoms with Crippen LogP contribution in [0.25, 0.3) is 6.08 Å². The van der Waals surface area contributed by atoms with E-state index < -0.39 is 17.6 Å². The van der Waals surface area contributed by atoms with Gasteiger partial charge in [0.15, 0.2) is 0 Å². The molecular weight excluding hydrogens is 424 g/mol. The zero-order chi connectivity index (χ0) is 23.1. The molecular formula is C24H16F4N2O2. The fraction of sp³-hybridized carbons (Fsp3) is 0.0833. The van der Waals surface area contributed by atoms with Gasteiger partial charge in [0.05, 0.1) is 5.56 Å². The molecule has 0 radical (unpaired) electrons. The van der Waals surface area contributed by atoms with Crippen LogP contribution in [0.15, 0.2) is 78.4 Å². The molecule has 0 saturated carbocycles. The van der Waals surface area contributed by atoms with E-state index in [1.165, 1.54) is 18.2 Å². The maximum Gasteiger partial charge on any atom is 0.416 e. The molecule has 32 heavy (non-hydrogen) atoms. The Morgan fingerprint density at radius 1 is 1.03 bits per heavy atom. The Kier molecular flexibility index (Phi) is 6.90. The van der Waals surface area contributed by atoms with Gasteiger partial charge < -0.3 is 10.1 Å². The van der Waals surface area contributed by atoms with E-state index in [9.17, 15) is 27.6 Å². The van der Waals surface area contributed by atoms with E-state index in [1.807, 2.05) is 0 Å². The molecule has 0 aliphatic carbocycles. The maximum atomic E-state index is 13.6. The molecule has 3 aromatic rings. The first kappa shape index (κ1) is 22.6. The van der Waals surface area contributed by atoms with E-state index in [0.717, 1.165) is 18.2 Å². The predicted octanol–water partition coefficient (Wildman–Crippen LogP) is 5.97. The van der Waals surface area contributed by atoms with Crippen LogP contribution in [-0.4, -0.2) is 5.91 Å². The summed E-state index contributed by atoms with van der Waals surface area (Å²) in [5.41, 5.74) is -0.387. The van der Waals surface area contributed by atoms with Crippen LogP contribution in [0.1, 0.15) is 16.7 Å². The molecule has 3 rings (SSSR count). The summed E-state index contributed by atoms with van der Waals surface area (Å²) in [5.74, 6) is -0.762. The van der Waals surface area contributed by atoms with Crippen molar-refractivity contribution >= 4 is 17.7 Å². The summed E-state index contributed by atoms with van der Waals surface area (Å²) in [5, 5.41) is 11.6. The van der Waals surface area contributed by atoms with E-state index in [-0.39, 0.29) is 23.7 Å². The van der Waals surface area contributed by atoms with Crippen molar-refractivity contribution in [3.63, 3.8) is 0 Å². The van der Waals surface area contributed by atoms with Crippen LogP contribution in [0.5, 0.6) is 5.75 Å². The van der Waals surface area contributed by atoms with Crippen molar-refractivity contribution in [2.75, 3.05) is 5.32 Å². The van der Waals surface area contributed by atoms with Crippen LogP contribution in [0.2, 0.25) is 0 Å². The van der Waals surface area contributed by atoms with Crippen molar-refractivity contribution in [1.29, 1.82) is 5.26 Å². The van der Waals surface area contributed by atoms with Gasteiger partial charge in [-0.1, -0.05) is 36.4 Å². The van der Waals surface area contributed by atoms with Crippen molar-refractivity contribution in [1.82, 2.24) is 0 Å². The quantitative estimate of drug-likeness (QED) is 0.292. The standard InChI is InChI=1S/C24H16F4N2O2/c25-22-7-2-1-4-17(22)15-32-21-10-8-16(9-11-21)12-18(14-29)23(31)30-20-6-3-5-19(13-20)24(26,27)28/h1-13H,15H2,(H,30,31). The topological polar surface area (TPSA) is 62.1 Å². The molecule has 1 amide bonds. The summed E-state index contributed by atoms with van der Waals surface area (Å²) in [7, 11) is 0. The van der Waals surface area contributed by atoms with E-state index in [0.29, 0.717) is 16.9 Å². The lowest BCUT2D eigenvalue weighted by Crippen LogP contribution is -2.14. The second-order valence-electron chi connectivity index (χ2n) is 6.65. The fourth-order valence-electron chi connectivity index (χ4n) is 2.72. The Labute approximate surface area is 181 Å². The van der Waals surface area contributed by atoms with Crippen molar-refractivity contribution < 1.29 is 27.1 Å². The molecule has 0 unspecified atom stereocenters. The Hall–Kier alpha value is -4.12. The van der Waals surface area contributed by atoms with Crippen LogP contribution >= 0.6 is 0 Å². The number of amides is 1. The van der Waals surface area contributed by atoms with Gasteiger partial charge in [0.25, 0.3) is 5.91 Å². The predicted molar refractivity (Wildman–Crippen MR) is 111 cm³/mol. The average molecular weight is 440 g/mol. The first-order chi connectivity index (χ1) is 15.3. The van der Waals surface area contributed by atoms with Crippen LogP contribution < -0.4 is 10.1 Å². The summed E-state index contributed by atoms with van der Waals surface area (Å²) in [6.07, 6.45) is -3.26. The molecule has 0 fully saturated rings. The van der Waals surface area contributed by atoms with Gasteiger partial charge in [-0.2, -0.15) is 18.4 Å². The highest BCUT2D eigenvalue weighted by molar-refractivity contribution is 6.09. The first-order valence-corrected chi connectivity index (χ1v) is 9.33. The number of hydrogen-bond acceptors (Lipinski definition) is 3. The van der Waals surface area contributed by atoms with Gasteiger partial charge in [-0.15, -0.1) is 0 Å². The van der Waals surface area contributed by atoms with E-state index in [4.69, 9.17) is 4.74 Å². The van der Waals surface area contributed by atoms with Crippen LogP contribution in [0.3, 0.4) is 0 Å². The molecule has 0 bridgehead atoms. The van der Waals surface area contributed by atoms with E-state index in [2.05, 4.69) is 5.32 Å². The van der Waals surface area contributed by atoms with Gasteiger partial charge in [0.1, 0.15) is 29.8 Å². The summed E-state index contributed by atoms with van der Waals surface area (Å²) in [6, 6.07) is 18.4. The summed E-state index contributed by atoms with van der Waals surface area (Å²) in [4.78, 5) is 12.3. The maximum absolute atomic E-state index is 13.6. The third kappa shape index (κ3) is 5.95. The molecule has 0 saturated heterocycles. The molecule has 4 nitrogen and oxygen atoms in total. The number of carbonyl (C=O) groups is 1. The number of rotatable bonds is 6. The van der Waals surface area contributed by atoms with E-state index >= 15 is 0 Å². The monoisotopic (exact) mass is 440 g/mol. The molecule has 0 atom stereocenters. The van der Waals surface area contributed by atoms with Gasteiger partial charge >= 0.3 is 6.18 Å². The Balaban J connectivity index is 1.67. The minimum absolute atomic E-state index is 0.0324. The lowest BCUT2D eigenvalue weighted by molar-refractivity contribution is -0.137. The molecule has 162 valence electrons. The molecule has 0 aromatic heterocycles. The fourth-order valence-corrected chi connectivity index (χ4v) is 2.72. The van der Waals surface area contributed by atoms with Gasteiger partial charge in [0, 0.05) is 11.3 Å². The highest BCUT2D eigenvalue weighted by Crippen LogP contribution is 2.30. The van der Waals surface area contributed by atoms with Crippen molar-refractivity contribution in [3.8, 4) is 11.8 Å². The molecule has 0 aliphatic heterocycles. The minimum atomic E-state index is -4.55. The Morgan fingerprint density at radius 3 is 2.41 bits per heavy atom. The number of hydrogen-bond donors (Lipinski definition) is 1. The number of nitriles is 1. The second kappa shape index (κ2) is 9.79. The van der Waals surface area contributed by atoms with Crippen LogP contribution in [-0.2, 0) is 17.6 Å². The number of ether oxygens (including phenoxy) is 1. The number of nitrogens with zero attached hydrogens (tertiary/aromatic N) is 1. The minimum Gasteiger partial charge on any atom is -0.489 e. The average Bonchev–Trinajstić information content (AvgIpc) is 2.77. The number of alkyl halides is 3. The second-order valence-corrected chi connectivity index (χ2v) is 6.65. The van der Waals surface area contributed by atoms with Crippen molar-refractivity contribution in [3.05, 3.63) is 101 Å². The normalized spacial score (nSPS) is 11.5. The zero-order valence-corrected chi connectivity index (χ0v) is 16.5. The van der Waals surface area contributed by atoms with Gasteiger partial charge in [-0.05, 0) is 48.0 Å². The van der Waals surface area contributed by atoms with Gasteiger partial charge in [-0.3, -0.25) is 4.79 Å². The smallest absolute Gasteiger partial charge is 0.416 e. The summed E-state index contributed by atoms with van der Waals surface area (Å²) >= 11 is 0. The third-order valence-electron chi connectivity index (χ3n) is 4.36. The zero-order valence-electron chi connectivity index (χ0n) is 16.5. The molecule has 0 aliphatic rings. The lowest BCUT2D eigenvalue weighted by Gasteiger charge is -2.09. The van der Waals surface area contributed by atoms with Crippen LogP contribution in [0.4, 0.5) is 23.2 Å².